The Labute approximate surface area is 150 Å². The van der Waals surface area contributed by atoms with Gasteiger partial charge >= 0.3 is 0 Å². The van der Waals surface area contributed by atoms with Crippen molar-refractivity contribution in [1.29, 1.82) is 0 Å². The van der Waals surface area contributed by atoms with Gasteiger partial charge in [-0.15, -0.1) is 0 Å². The summed E-state index contributed by atoms with van der Waals surface area (Å²) >= 11 is 0. The zero-order valence-corrected chi connectivity index (χ0v) is 15.5. The zero-order valence-electron chi connectivity index (χ0n) is 15.5. The first-order valence-corrected chi connectivity index (χ1v) is 9.61. The Morgan fingerprint density at radius 1 is 1.20 bits per heavy atom. The predicted octanol–water partition coefficient (Wildman–Crippen LogP) is 1.44. The number of hydrogen-bond acceptors (Lipinski definition) is 5. The summed E-state index contributed by atoms with van der Waals surface area (Å²) in [6.45, 7) is 4.45. The van der Waals surface area contributed by atoms with Crippen LogP contribution in [-0.4, -0.2) is 72.5 Å². The van der Waals surface area contributed by atoms with E-state index < -0.39 is 0 Å². The van der Waals surface area contributed by atoms with Crippen LogP contribution in [0.5, 0.6) is 0 Å². The highest BCUT2D eigenvalue weighted by molar-refractivity contribution is 5.78. The van der Waals surface area contributed by atoms with Gasteiger partial charge in [-0.2, -0.15) is 0 Å². The molecule has 25 heavy (non-hydrogen) atoms. The van der Waals surface area contributed by atoms with Crippen LogP contribution in [0.15, 0.2) is 6.20 Å². The number of rotatable bonds is 3. The summed E-state index contributed by atoms with van der Waals surface area (Å²) in [4.78, 5) is 28.3. The number of fused-ring (bicyclic) bond motifs is 2. The fourth-order valence-electron chi connectivity index (χ4n) is 4.76. The molecule has 1 aromatic rings. The Bertz CT molecular complexity index is 651. The van der Waals surface area contributed by atoms with Crippen molar-refractivity contribution in [2.24, 2.45) is 0 Å². The van der Waals surface area contributed by atoms with Gasteiger partial charge in [-0.25, -0.2) is 9.97 Å². The van der Waals surface area contributed by atoms with E-state index in [4.69, 9.17) is 4.98 Å². The number of amides is 1. The highest BCUT2D eigenvalue weighted by Gasteiger charge is 2.44. The molecular weight excluding hydrogens is 314 g/mol. The molecule has 1 unspecified atom stereocenters. The van der Waals surface area contributed by atoms with Crippen molar-refractivity contribution in [2.45, 2.75) is 43.9 Å². The van der Waals surface area contributed by atoms with Crippen LogP contribution in [0.2, 0.25) is 0 Å². The topological polar surface area (TPSA) is 52.6 Å². The van der Waals surface area contributed by atoms with Gasteiger partial charge in [-0.1, -0.05) is 0 Å². The second-order valence-corrected chi connectivity index (χ2v) is 8.12. The molecule has 4 rings (SSSR count). The molecule has 0 bridgehead atoms. The van der Waals surface area contributed by atoms with Crippen molar-refractivity contribution in [1.82, 2.24) is 19.8 Å². The summed E-state index contributed by atoms with van der Waals surface area (Å²) in [5.41, 5.74) is 2.66. The first-order valence-electron chi connectivity index (χ1n) is 9.61. The largest absolute Gasteiger partial charge is 0.347 e. The van der Waals surface area contributed by atoms with E-state index in [9.17, 15) is 4.79 Å². The maximum absolute atomic E-state index is 12.6. The lowest BCUT2D eigenvalue weighted by Crippen LogP contribution is -2.49. The van der Waals surface area contributed by atoms with E-state index in [1.807, 2.05) is 30.1 Å². The third kappa shape index (κ3) is 3.12. The lowest BCUT2D eigenvalue weighted by molar-refractivity contribution is -0.131. The molecule has 3 aliphatic rings. The number of piperidine rings is 1. The third-order valence-corrected chi connectivity index (χ3v) is 6.10. The fourth-order valence-corrected chi connectivity index (χ4v) is 4.76. The predicted molar refractivity (Wildman–Crippen MR) is 97.8 cm³/mol. The van der Waals surface area contributed by atoms with Crippen molar-refractivity contribution < 1.29 is 4.79 Å². The van der Waals surface area contributed by atoms with E-state index >= 15 is 0 Å². The number of aryl methyl sites for hydroxylation is 1. The van der Waals surface area contributed by atoms with E-state index in [1.165, 1.54) is 17.7 Å². The van der Waals surface area contributed by atoms with Gasteiger partial charge in [0.15, 0.2) is 0 Å². The van der Waals surface area contributed by atoms with Gasteiger partial charge in [0.05, 0.1) is 12.2 Å². The molecule has 136 valence electrons. The second-order valence-electron chi connectivity index (χ2n) is 8.12. The van der Waals surface area contributed by atoms with Crippen molar-refractivity contribution in [3.63, 3.8) is 0 Å². The minimum Gasteiger partial charge on any atom is -0.347 e. The number of nitrogens with zero attached hydrogens (tertiary/aromatic N) is 5. The summed E-state index contributed by atoms with van der Waals surface area (Å²) in [5, 5.41) is 0. The van der Waals surface area contributed by atoms with Gasteiger partial charge in [0.1, 0.15) is 0 Å². The molecule has 6 nitrogen and oxygen atoms in total. The van der Waals surface area contributed by atoms with E-state index in [0.29, 0.717) is 12.5 Å². The molecule has 0 aromatic carbocycles. The lowest BCUT2D eigenvalue weighted by Gasteiger charge is -2.40. The fraction of sp³-hybridized carbons (Fsp3) is 0.737. The van der Waals surface area contributed by atoms with E-state index in [2.05, 4.69) is 9.88 Å². The molecular formula is C19H29N5O. The van der Waals surface area contributed by atoms with Gasteiger partial charge in [-0.05, 0) is 50.6 Å². The van der Waals surface area contributed by atoms with Gasteiger partial charge in [0, 0.05) is 45.3 Å². The highest BCUT2D eigenvalue weighted by Crippen LogP contribution is 2.44. The van der Waals surface area contributed by atoms with E-state index in [-0.39, 0.29) is 5.41 Å². The molecule has 1 atom stereocenters. The van der Waals surface area contributed by atoms with Crippen molar-refractivity contribution >= 4 is 11.9 Å². The number of likely N-dealkylation sites (tertiary alicyclic amines) is 2. The number of hydrogen-bond donors (Lipinski definition) is 0. The smallest absolute Gasteiger partial charge is 0.236 e. The van der Waals surface area contributed by atoms with Gasteiger partial charge < -0.3 is 9.80 Å². The number of carbonyl (C=O) groups excluding carboxylic acids is 1. The van der Waals surface area contributed by atoms with Crippen molar-refractivity contribution in [3.05, 3.63) is 17.5 Å². The minimum absolute atomic E-state index is 0.118. The first kappa shape index (κ1) is 16.8. The standard InChI is InChI=1S/C19H29N5O/c1-22(2)18-20-12-15-6-8-19(17(15)21-18)7-5-9-23(14-19)13-16(25)24-10-3-4-11-24/h12H,3-11,13-14H2,1-2H3. The second kappa shape index (κ2) is 6.56. The molecule has 3 heterocycles. The van der Waals surface area contributed by atoms with Crippen molar-refractivity contribution in [3.8, 4) is 0 Å². The van der Waals surface area contributed by atoms with Crippen LogP contribution in [0.4, 0.5) is 5.95 Å². The van der Waals surface area contributed by atoms with Crippen LogP contribution in [0, 0.1) is 0 Å². The molecule has 0 saturated carbocycles. The van der Waals surface area contributed by atoms with Crippen LogP contribution >= 0.6 is 0 Å². The Morgan fingerprint density at radius 2 is 2.00 bits per heavy atom. The number of carbonyl (C=O) groups is 1. The molecule has 2 saturated heterocycles. The Balaban J connectivity index is 1.51. The molecule has 2 fully saturated rings. The zero-order chi connectivity index (χ0) is 17.4. The average Bonchev–Trinajstić information content (AvgIpc) is 3.24. The molecule has 1 spiro atoms. The number of aromatic nitrogens is 2. The Kier molecular flexibility index (Phi) is 4.40. The molecule has 1 aliphatic carbocycles. The summed E-state index contributed by atoms with van der Waals surface area (Å²) in [5.74, 6) is 1.11. The molecule has 1 aromatic heterocycles. The SMILES string of the molecule is CN(C)c1ncc2c(n1)C1(CCCN(CC(=O)N3CCCC3)C1)CC2. The first-order chi connectivity index (χ1) is 12.1. The molecule has 6 heteroatoms. The summed E-state index contributed by atoms with van der Waals surface area (Å²) in [6, 6.07) is 0. The van der Waals surface area contributed by atoms with Gasteiger partial charge in [-0.3, -0.25) is 9.69 Å². The Hall–Kier alpha value is -1.69. The van der Waals surface area contributed by atoms with Gasteiger partial charge in [0.2, 0.25) is 11.9 Å². The third-order valence-electron chi connectivity index (χ3n) is 6.10. The molecule has 0 N–H and O–H groups in total. The molecule has 1 amide bonds. The molecule has 0 radical (unpaired) electrons. The van der Waals surface area contributed by atoms with Crippen LogP contribution in [0.1, 0.15) is 43.4 Å². The van der Waals surface area contributed by atoms with E-state index in [0.717, 1.165) is 64.2 Å². The normalized spacial score (nSPS) is 26.2. The minimum atomic E-state index is 0.118. The highest BCUT2D eigenvalue weighted by atomic mass is 16.2. The number of anilines is 1. The van der Waals surface area contributed by atoms with Gasteiger partial charge in [0.25, 0.3) is 0 Å². The maximum atomic E-state index is 12.6. The lowest BCUT2D eigenvalue weighted by atomic mass is 9.77. The van der Waals surface area contributed by atoms with Crippen LogP contribution in [-0.2, 0) is 16.6 Å². The van der Waals surface area contributed by atoms with Crippen LogP contribution in [0.25, 0.3) is 0 Å². The Morgan fingerprint density at radius 3 is 2.76 bits per heavy atom. The monoisotopic (exact) mass is 343 g/mol. The van der Waals surface area contributed by atoms with Crippen LogP contribution in [0.3, 0.4) is 0 Å². The van der Waals surface area contributed by atoms with Crippen LogP contribution < -0.4 is 4.90 Å². The summed E-state index contributed by atoms with van der Waals surface area (Å²) in [6.07, 6.45) is 8.87. The average molecular weight is 343 g/mol. The van der Waals surface area contributed by atoms with E-state index in [1.54, 1.807) is 0 Å². The summed E-state index contributed by atoms with van der Waals surface area (Å²) < 4.78 is 0. The maximum Gasteiger partial charge on any atom is 0.236 e. The quantitative estimate of drug-likeness (QED) is 0.831. The summed E-state index contributed by atoms with van der Waals surface area (Å²) in [7, 11) is 3.98. The van der Waals surface area contributed by atoms with Crippen molar-refractivity contribution in [2.75, 3.05) is 51.7 Å². The molecule has 2 aliphatic heterocycles.